The monoisotopic (exact) mass is 478 g/mol. The van der Waals surface area contributed by atoms with Gasteiger partial charge in [0.15, 0.2) is 0 Å². The van der Waals surface area contributed by atoms with E-state index in [-0.39, 0.29) is 0 Å². The van der Waals surface area contributed by atoms with Crippen LogP contribution in [-0.4, -0.2) is 7.11 Å². The molecule has 0 saturated carbocycles. The lowest BCUT2D eigenvalue weighted by molar-refractivity contribution is 0.415. The van der Waals surface area contributed by atoms with Crippen LogP contribution in [-0.2, 0) is 0 Å². The second-order valence-electron chi connectivity index (χ2n) is 8.57. The number of hydrogen-bond donors (Lipinski definition) is 0. The summed E-state index contributed by atoms with van der Waals surface area (Å²) in [6, 6.07) is 47.3. The topological polar surface area (TPSA) is 36.3 Å². The molecule has 0 aliphatic carbocycles. The molecule has 5 aromatic rings. The van der Waals surface area contributed by atoms with Gasteiger partial charge in [0.25, 0.3) is 0 Å². The molecule has 0 atom stereocenters. The lowest BCUT2D eigenvalue weighted by atomic mass is 9.99. The average Bonchev–Trinajstić information content (AvgIpc) is 2.98. The van der Waals surface area contributed by atoms with E-state index in [9.17, 15) is 5.26 Å². The van der Waals surface area contributed by atoms with Crippen LogP contribution in [0.4, 0.5) is 17.1 Å². The first-order valence-corrected chi connectivity index (χ1v) is 12.1. The number of para-hydroxylation sites is 2. The van der Waals surface area contributed by atoms with Gasteiger partial charge in [0.1, 0.15) is 5.75 Å². The normalized spacial score (nSPS) is 11.0. The summed E-state index contributed by atoms with van der Waals surface area (Å²) in [6.07, 6.45) is 1.93. The van der Waals surface area contributed by atoms with Crippen molar-refractivity contribution >= 4 is 28.7 Å². The molecule has 0 N–H and O–H groups in total. The highest BCUT2D eigenvalue weighted by molar-refractivity contribution is 5.90. The number of allylic oxidation sites excluding steroid dienone is 1. The first kappa shape index (κ1) is 23.7. The number of ether oxygens (including phenoxy) is 1. The van der Waals surface area contributed by atoms with E-state index in [2.05, 4.69) is 59.5 Å². The Morgan fingerprint density at radius 2 is 1.11 bits per heavy atom. The molecular formula is C34H26N2O. The third kappa shape index (κ3) is 5.45. The summed E-state index contributed by atoms with van der Waals surface area (Å²) < 4.78 is 5.25. The van der Waals surface area contributed by atoms with Gasteiger partial charge in [-0.25, -0.2) is 0 Å². The van der Waals surface area contributed by atoms with Crippen LogP contribution in [0.15, 0.2) is 133 Å². The van der Waals surface area contributed by atoms with Crippen molar-refractivity contribution in [1.82, 2.24) is 0 Å². The van der Waals surface area contributed by atoms with Crippen molar-refractivity contribution in [2.75, 3.05) is 12.0 Å². The van der Waals surface area contributed by atoms with E-state index >= 15 is 0 Å². The molecule has 0 heterocycles. The van der Waals surface area contributed by atoms with E-state index in [1.165, 1.54) is 0 Å². The van der Waals surface area contributed by atoms with Gasteiger partial charge in [-0.3, -0.25) is 0 Å². The Morgan fingerprint density at radius 3 is 1.59 bits per heavy atom. The first-order chi connectivity index (χ1) is 18.2. The maximum atomic E-state index is 9.88. The SMILES string of the molecule is COc1ccc(-c2ccc(/C(C#N)=C/c3ccc(N(c4ccccc4)c4ccccc4)cc3)cc2)cc1. The summed E-state index contributed by atoms with van der Waals surface area (Å²) >= 11 is 0. The molecule has 0 saturated heterocycles. The Bertz CT molecular complexity index is 1480. The van der Waals surface area contributed by atoms with Crippen molar-refractivity contribution in [3.8, 4) is 22.9 Å². The molecule has 0 aliphatic rings. The molecule has 0 spiro atoms. The van der Waals surface area contributed by atoms with E-state index in [0.717, 1.165) is 45.1 Å². The van der Waals surface area contributed by atoms with Gasteiger partial charge in [-0.15, -0.1) is 0 Å². The lowest BCUT2D eigenvalue weighted by Crippen LogP contribution is -2.09. The van der Waals surface area contributed by atoms with E-state index in [1.54, 1.807) is 7.11 Å². The smallest absolute Gasteiger partial charge is 0.118 e. The van der Waals surface area contributed by atoms with Crippen molar-refractivity contribution in [2.45, 2.75) is 0 Å². The Kier molecular flexibility index (Phi) is 7.11. The molecule has 0 fully saturated rings. The second kappa shape index (κ2) is 11.1. The molecule has 5 aromatic carbocycles. The van der Waals surface area contributed by atoms with Gasteiger partial charge in [0, 0.05) is 17.1 Å². The molecule has 0 bridgehead atoms. The number of nitriles is 1. The minimum absolute atomic E-state index is 0.622. The number of methoxy groups -OCH3 is 1. The molecule has 3 heteroatoms. The predicted octanol–water partition coefficient (Wildman–Crippen LogP) is 8.90. The fraction of sp³-hybridized carbons (Fsp3) is 0.0294. The summed E-state index contributed by atoms with van der Waals surface area (Å²) in [7, 11) is 1.66. The Hall–Kier alpha value is -5.07. The Balaban J connectivity index is 1.40. The summed E-state index contributed by atoms with van der Waals surface area (Å²) in [6.45, 7) is 0. The Labute approximate surface area is 218 Å². The van der Waals surface area contributed by atoms with Gasteiger partial charge in [-0.1, -0.05) is 84.9 Å². The zero-order valence-corrected chi connectivity index (χ0v) is 20.6. The summed E-state index contributed by atoms with van der Waals surface area (Å²) in [5.74, 6) is 0.830. The third-order valence-electron chi connectivity index (χ3n) is 6.23. The number of nitrogens with zero attached hydrogens (tertiary/aromatic N) is 2. The van der Waals surface area contributed by atoms with Crippen LogP contribution < -0.4 is 9.64 Å². The number of hydrogen-bond acceptors (Lipinski definition) is 3. The van der Waals surface area contributed by atoms with Crippen LogP contribution in [0.1, 0.15) is 11.1 Å². The van der Waals surface area contributed by atoms with Crippen molar-refractivity contribution in [1.29, 1.82) is 5.26 Å². The Morgan fingerprint density at radius 1 is 0.622 bits per heavy atom. The fourth-order valence-corrected chi connectivity index (χ4v) is 4.29. The van der Waals surface area contributed by atoms with Gasteiger partial charge in [-0.2, -0.15) is 5.26 Å². The van der Waals surface area contributed by atoms with Gasteiger partial charge in [-0.05, 0) is 76.9 Å². The predicted molar refractivity (Wildman–Crippen MR) is 153 cm³/mol. The molecule has 178 valence electrons. The van der Waals surface area contributed by atoms with E-state index in [4.69, 9.17) is 4.74 Å². The molecule has 0 unspecified atom stereocenters. The lowest BCUT2D eigenvalue weighted by Gasteiger charge is -2.25. The van der Waals surface area contributed by atoms with Crippen molar-refractivity contribution in [3.05, 3.63) is 145 Å². The molecule has 37 heavy (non-hydrogen) atoms. The molecular weight excluding hydrogens is 452 g/mol. The van der Waals surface area contributed by atoms with Crippen molar-refractivity contribution < 1.29 is 4.74 Å². The summed E-state index contributed by atoms with van der Waals surface area (Å²) in [5.41, 5.74) is 7.91. The van der Waals surface area contributed by atoms with Gasteiger partial charge in [0.2, 0.25) is 0 Å². The maximum absolute atomic E-state index is 9.88. The number of rotatable bonds is 7. The number of anilines is 3. The fourth-order valence-electron chi connectivity index (χ4n) is 4.29. The van der Waals surface area contributed by atoms with Gasteiger partial charge >= 0.3 is 0 Å². The third-order valence-corrected chi connectivity index (χ3v) is 6.23. The summed E-state index contributed by atoms with van der Waals surface area (Å²) in [5, 5.41) is 9.88. The molecule has 0 aliphatic heterocycles. The minimum Gasteiger partial charge on any atom is -0.497 e. The van der Waals surface area contributed by atoms with Crippen LogP contribution in [0, 0.1) is 11.3 Å². The first-order valence-electron chi connectivity index (χ1n) is 12.1. The van der Waals surface area contributed by atoms with Gasteiger partial charge < -0.3 is 9.64 Å². The quantitative estimate of drug-likeness (QED) is 0.173. The highest BCUT2D eigenvalue weighted by atomic mass is 16.5. The maximum Gasteiger partial charge on any atom is 0.118 e. The molecule has 0 aromatic heterocycles. The van der Waals surface area contributed by atoms with Gasteiger partial charge in [0.05, 0.1) is 18.8 Å². The minimum atomic E-state index is 0.622. The van der Waals surface area contributed by atoms with Crippen LogP contribution in [0.3, 0.4) is 0 Å². The van der Waals surface area contributed by atoms with E-state index in [1.807, 2.05) is 91.0 Å². The van der Waals surface area contributed by atoms with Crippen LogP contribution in [0.5, 0.6) is 5.75 Å². The zero-order chi connectivity index (χ0) is 25.5. The van der Waals surface area contributed by atoms with Crippen molar-refractivity contribution in [3.63, 3.8) is 0 Å². The van der Waals surface area contributed by atoms with Crippen LogP contribution >= 0.6 is 0 Å². The molecule has 0 radical (unpaired) electrons. The average molecular weight is 479 g/mol. The highest BCUT2D eigenvalue weighted by Gasteiger charge is 2.11. The zero-order valence-electron chi connectivity index (χ0n) is 20.6. The molecule has 3 nitrogen and oxygen atoms in total. The largest absolute Gasteiger partial charge is 0.497 e. The second-order valence-corrected chi connectivity index (χ2v) is 8.57. The number of benzene rings is 5. The van der Waals surface area contributed by atoms with E-state index in [0.29, 0.717) is 5.57 Å². The van der Waals surface area contributed by atoms with E-state index < -0.39 is 0 Å². The standard InChI is InChI=1S/C34H26N2O/c1-37-34-22-18-28(19-23-34)27-14-16-29(17-15-27)30(25-35)24-26-12-20-33(21-13-26)36(31-8-4-2-5-9-31)32-10-6-3-7-11-32/h2-24H,1H3/b30-24+. The highest BCUT2D eigenvalue weighted by Crippen LogP contribution is 2.34. The van der Waals surface area contributed by atoms with Crippen LogP contribution in [0.25, 0.3) is 22.8 Å². The summed E-state index contributed by atoms with van der Waals surface area (Å²) in [4.78, 5) is 2.22. The molecule has 5 rings (SSSR count). The van der Waals surface area contributed by atoms with Crippen molar-refractivity contribution in [2.24, 2.45) is 0 Å². The molecule has 0 amide bonds. The van der Waals surface area contributed by atoms with Crippen LogP contribution in [0.2, 0.25) is 0 Å².